The van der Waals surface area contributed by atoms with Gasteiger partial charge in [-0.15, -0.1) is 11.3 Å². The average Bonchev–Trinajstić information content (AvgIpc) is 2.87. The molecule has 0 saturated carbocycles. The number of aryl methyl sites for hydroxylation is 1. The van der Waals surface area contributed by atoms with Gasteiger partial charge in [-0.2, -0.15) is 11.3 Å². The van der Waals surface area contributed by atoms with Crippen LogP contribution in [-0.4, -0.2) is 4.98 Å². The van der Waals surface area contributed by atoms with E-state index in [0.29, 0.717) is 12.1 Å². The van der Waals surface area contributed by atoms with Crippen LogP contribution in [0, 0.1) is 6.92 Å². The van der Waals surface area contributed by atoms with Crippen LogP contribution in [0.3, 0.4) is 0 Å². The SMILES string of the molecule is Cc1nc(C(C)NC(C)c2ccsc2)cs1. The highest BCUT2D eigenvalue weighted by Gasteiger charge is 2.13. The van der Waals surface area contributed by atoms with Crippen LogP contribution in [0.4, 0.5) is 0 Å². The highest BCUT2D eigenvalue weighted by Crippen LogP contribution is 2.21. The monoisotopic (exact) mass is 252 g/mol. The molecule has 0 aliphatic rings. The number of nitrogens with zero attached hydrogens (tertiary/aromatic N) is 1. The van der Waals surface area contributed by atoms with Gasteiger partial charge >= 0.3 is 0 Å². The number of thiophene rings is 1. The fourth-order valence-electron chi connectivity index (χ4n) is 1.66. The van der Waals surface area contributed by atoms with E-state index in [4.69, 9.17) is 0 Å². The van der Waals surface area contributed by atoms with Gasteiger partial charge in [0.2, 0.25) is 0 Å². The Morgan fingerprint density at radius 2 is 2.06 bits per heavy atom. The van der Waals surface area contributed by atoms with Crippen molar-refractivity contribution in [3.8, 4) is 0 Å². The molecular formula is C12H16N2S2. The fourth-order valence-corrected chi connectivity index (χ4v) is 3.12. The first kappa shape index (κ1) is 11.8. The number of hydrogen-bond acceptors (Lipinski definition) is 4. The average molecular weight is 252 g/mol. The van der Waals surface area contributed by atoms with Crippen molar-refractivity contribution in [2.24, 2.45) is 0 Å². The summed E-state index contributed by atoms with van der Waals surface area (Å²) in [7, 11) is 0. The van der Waals surface area contributed by atoms with Crippen molar-refractivity contribution in [1.29, 1.82) is 0 Å². The summed E-state index contributed by atoms with van der Waals surface area (Å²) < 4.78 is 0. The lowest BCUT2D eigenvalue weighted by molar-refractivity contribution is 0.488. The molecule has 2 rings (SSSR count). The molecule has 0 fully saturated rings. The molecule has 2 atom stereocenters. The Kier molecular flexibility index (Phi) is 3.74. The summed E-state index contributed by atoms with van der Waals surface area (Å²) in [6.07, 6.45) is 0. The lowest BCUT2D eigenvalue weighted by Crippen LogP contribution is -2.22. The van der Waals surface area contributed by atoms with E-state index in [1.807, 2.05) is 6.92 Å². The van der Waals surface area contributed by atoms with Crippen molar-refractivity contribution < 1.29 is 0 Å². The summed E-state index contributed by atoms with van der Waals surface area (Å²) in [5, 5.41) is 11.1. The van der Waals surface area contributed by atoms with E-state index in [1.54, 1.807) is 22.7 Å². The first-order chi connectivity index (χ1) is 7.66. The Labute approximate surface area is 104 Å². The summed E-state index contributed by atoms with van der Waals surface area (Å²) in [6, 6.07) is 2.85. The van der Waals surface area contributed by atoms with Crippen LogP contribution in [0.5, 0.6) is 0 Å². The molecule has 0 saturated heterocycles. The quantitative estimate of drug-likeness (QED) is 0.892. The minimum absolute atomic E-state index is 0.305. The summed E-state index contributed by atoms with van der Waals surface area (Å²) in [4.78, 5) is 4.50. The second-order valence-corrected chi connectivity index (χ2v) is 5.80. The van der Waals surface area contributed by atoms with Gasteiger partial charge in [0.25, 0.3) is 0 Å². The van der Waals surface area contributed by atoms with E-state index < -0.39 is 0 Å². The normalized spacial score (nSPS) is 14.9. The number of rotatable bonds is 4. The Hall–Kier alpha value is -0.710. The maximum absolute atomic E-state index is 4.50. The smallest absolute Gasteiger partial charge is 0.0898 e. The number of hydrogen-bond donors (Lipinski definition) is 1. The highest BCUT2D eigenvalue weighted by atomic mass is 32.1. The Bertz CT molecular complexity index is 434. The van der Waals surface area contributed by atoms with E-state index in [0.717, 1.165) is 10.7 Å². The van der Waals surface area contributed by atoms with Crippen molar-refractivity contribution in [3.05, 3.63) is 38.5 Å². The molecule has 0 bridgehead atoms. The van der Waals surface area contributed by atoms with E-state index in [2.05, 4.69) is 46.4 Å². The minimum Gasteiger partial charge on any atom is -0.302 e. The molecular weight excluding hydrogens is 236 g/mol. The van der Waals surface area contributed by atoms with Gasteiger partial charge in [-0.25, -0.2) is 4.98 Å². The molecule has 2 aromatic rings. The Morgan fingerprint density at radius 3 is 2.62 bits per heavy atom. The predicted octanol–water partition coefficient (Wildman–Crippen LogP) is 3.92. The molecule has 86 valence electrons. The van der Waals surface area contributed by atoms with Crippen molar-refractivity contribution in [2.45, 2.75) is 32.9 Å². The van der Waals surface area contributed by atoms with Gasteiger partial charge < -0.3 is 5.32 Å². The summed E-state index contributed by atoms with van der Waals surface area (Å²) in [6.45, 7) is 6.40. The minimum atomic E-state index is 0.305. The molecule has 0 spiro atoms. The van der Waals surface area contributed by atoms with Crippen molar-refractivity contribution >= 4 is 22.7 Å². The van der Waals surface area contributed by atoms with Gasteiger partial charge in [0.1, 0.15) is 0 Å². The van der Waals surface area contributed by atoms with E-state index in [1.165, 1.54) is 5.56 Å². The van der Waals surface area contributed by atoms with E-state index >= 15 is 0 Å². The zero-order valence-corrected chi connectivity index (χ0v) is 11.4. The molecule has 0 amide bonds. The number of aromatic nitrogens is 1. The molecule has 2 aromatic heterocycles. The molecule has 2 heterocycles. The lowest BCUT2D eigenvalue weighted by Gasteiger charge is -2.17. The third kappa shape index (κ3) is 2.70. The van der Waals surface area contributed by atoms with Crippen LogP contribution < -0.4 is 5.32 Å². The van der Waals surface area contributed by atoms with E-state index in [9.17, 15) is 0 Å². The first-order valence-corrected chi connectivity index (χ1v) is 7.19. The fraction of sp³-hybridized carbons (Fsp3) is 0.417. The Balaban J connectivity index is 2.00. The van der Waals surface area contributed by atoms with Crippen molar-refractivity contribution in [1.82, 2.24) is 10.3 Å². The molecule has 0 aromatic carbocycles. The molecule has 2 nitrogen and oxygen atoms in total. The first-order valence-electron chi connectivity index (χ1n) is 5.37. The van der Waals surface area contributed by atoms with Crippen LogP contribution in [0.15, 0.2) is 22.2 Å². The third-order valence-electron chi connectivity index (χ3n) is 2.62. The van der Waals surface area contributed by atoms with Crippen LogP contribution in [0.25, 0.3) is 0 Å². The zero-order chi connectivity index (χ0) is 11.5. The highest BCUT2D eigenvalue weighted by molar-refractivity contribution is 7.09. The molecule has 1 N–H and O–H groups in total. The topological polar surface area (TPSA) is 24.9 Å². The molecule has 4 heteroatoms. The van der Waals surface area contributed by atoms with Gasteiger partial charge in [-0.3, -0.25) is 0 Å². The second-order valence-electron chi connectivity index (χ2n) is 3.96. The third-order valence-corrected chi connectivity index (χ3v) is 4.12. The standard InChI is InChI=1S/C12H16N2S2/c1-8(11-4-5-15-6-11)13-9(2)12-7-16-10(3)14-12/h4-9,13H,1-3H3. The predicted molar refractivity (Wildman–Crippen MR) is 71.1 cm³/mol. The summed E-state index contributed by atoms with van der Waals surface area (Å²) in [5.41, 5.74) is 2.49. The maximum Gasteiger partial charge on any atom is 0.0898 e. The summed E-state index contributed by atoms with van der Waals surface area (Å²) >= 11 is 3.45. The molecule has 0 radical (unpaired) electrons. The van der Waals surface area contributed by atoms with Gasteiger partial charge in [-0.05, 0) is 43.2 Å². The van der Waals surface area contributed by atoms with Crippen molar-refractivity contribution in [3.63, 3.8) is 0 Å². The van der Waals surface area contributed by atoms with Gasteiger partial charge in [0.15, 0.2) is 0 Å². The molecule has 0 aliphatic carbocycles. The van der Waals surface area contributed by atoms with Gasteiger partial charge in [0.05, 0.1) is 10.7 Å². The summed E-state index contributed by atoms with van der Waals surface area (Å²) in [5.74, 6) is 0. The molecule has 2 unspecified atom stereocenters. The second kappa shape index (κ2) is 5.08. The van der Waals surface area contributed by atoms with Gasteiger partial charge in [0, 0.05) is 17.5 Å². The Morgan fingerprint density at radius 1 is 1.25 bits per heavy atom. The molecule has 16 heavy (non-hydrogen) atoms. The largest absolute Gasteiger partial charge is 0.302 e. The van der Waals surface area contributed by atoms with Crippen LogP contribution in [0.2, 0.25) is 0 Å². The zero-order valence-electron chi connectivity index (χ0n) is 9.73. The van der Waals surface area contributed by atoms with E-state index in [-0.39, 0.29) is 0 Å². The van der Waals surface area contributed by atoms with Crippen LogP contribution in [-0.2, 0) is 0 Å². The lowest BCUT2D eigenvalue weighted by atomic mass is 10.1. The number of thiazole rings is 1. The van der Waals surface area contributed by atoms with Crippen LogP contribution in [0.1, 0.15) is 42.2 Å². The van der Waals surface area contributed by atoms with Crippen LogP contribution >= 0.6 is 22.7 Å². The number of nitrogens with one attached hydrogen (secondary N) is 1. The van der Waals surface area contributed by atoms with Crippen molar-refractivity contribution in [2.75, 3.05) is 0 Å². The maximum atomic E-state index is 4.50. The molecule has 0 aliphatic heterocycles. The van der Waals surface area contributed by atoms with Gasteiger partial charge in [-0.1, -0.05) is 0 Å².